The number of Topliss-reactive ketones (excluding diaryl/α,β-unsaturated/α-hetero) is 1. The topological polar surface area (TPSA) is 72.9 Å². The van der Waals surface area contributed by atoms with Crippen LogP contribution in [0.1, 0.15) is 54.1 Å². The second-order valence-electron chi connectivity index (χ2n) is 9.97. The predicted molar refractivity (Wildman–Crippen MR) is 153 cm³/mol. The molecule has 1 heterocycles. The van der Waals surface area contributed by atoms with Gasteiger partial charge in [-0.25, -0.2) is 0 Å². The first-order valence-corrected chi connectivity index (χ1v) is 13.8. The number of halogens is 2. The number of carbonyl (C=O) groups excluding carboxylic acids is 3. The highest BCUT2D eigenvalue weighted by atomic mass is 35.5. The van der Waals surface area contributed by atoms with Crippen LogP contribution in [0.5, 0.6) is 11.5 Å². The second-order valence-corrected chi connectivity index (χ2v) is 10.8. The van der Waals surface area contributed by atoms with Crippen LogP contribution in [-0.2, 0) is 14.3 Å². The Bertz CT molecular complexity index is 1340. The summed E-state index contributed by atoms with van der Waals surface area (Å²) in [5.41, 5.74) is 3.25. The molecule has 2 atom stereocenters. The van der Waals surface area contributed by atoms with Gasteiger partial charge in [0, 0.05) is 41.5 Å². The zero-order chi connectivity index (χ0) is 28.1. The summed E-state index contributed by atoms with van der Waals surface area (Å²) in [5.74, 6) is 0.0770. The van der Waals surface area contributed by atoms with Gasteiger partial charge < -0.3 is 14.4 Å². The van der Waals surface area contributed by atoms with E-state index < -0.39 is 18.0 Å². The van der Waals surface area contributed by atoms with Crippen molar-refractivity contribution in [2.45, 2.75) is 45.6 Å². The number of hydrogen-bond acceptors (Lipinski definition) is 5. The molecule has 0 bridgehead atoms. The Morgan fingerprint density at radius 2 is 1.72 bits per heavy atom. The normalized spacial score (nSPS) is 15.9. The summed E-state index contributed by atoms with van der Waals surface area (Å²) in [4.78, 5) is 40.3. The molecule has 0 N–H and O–H groups in total. The van der Waals surface area contributed by atoms with Crippen LogP contribution >= 0.6 is 23.2 Å². The molecule has 0 unspecified atom stereocenters. The quantitative estimate of drug-likeness (QED) is 0.145. The SMILES string of the molecule is Cc1ccc(C(C)C)c(Oc2ccc(N3C[C@@H](C(=O)O[C@H](CCCl)C(=O)c4ccc(Cl)cc4)CC3=O)cc2)c1. The van der Waals surface area contributed by atoms with E-state index in [1.807, 2.05) is 25.1 Å². The van der Waals surface area contributed by atoms with Gasteiger partial charge in [-0.1, -0.05) is 37.6 Å². The summed E-state index contributed by atoms with van der Waals surface area (Å²) in [7, 11) is 0. The van der Waals surface area contributed by atoms with Gasteiger partial charge in [0.1, 0.15) is 11.5 Å². The summed E-state index contributed by atoms with van der Waals surface area (Å²) in [6.45, 7) is 6.42. The lowest BCUT2D eigenvalue weighted by atomic mass is 10.0. The van der Waals surface area contributed by atoms with Gasteiger partial charge in [-0.2, -0.15) is 0 Å². The Hall–Kier alpha value is -3.35. The molecule has 1 aliphatic heterocycles. The van der Waals surface area contributed by atoms with E-state index in [1.165, 1.54) is 0 Å². The molecule has 6 nitrogen and oxygen atoms in total. The number of carbonyl (C=O) groups is 3. The molecule has 1 fully saturated rings. The number of rotatable bonds is 10. The lowest BCUT2D eigenvalue weighted by Crippen LogP contribution is -2.32. The minimum absolute atomic E-state index is 0.000849. The molecule has 0 spiro atoms. The predicted octanol–water partition coefficient (Wildman–Crippen LogP) is 7.34. The number of esters is 1. The fraction of sp³-hybridized carbons (Fsp3) is 0.323. The number of anilines is 1. The maximum Gasteiger partial charge on any atom is 0.312 e. The van der Waals surface area contributed by atoms with Crippen LogP contribution in [0.25, 0.3) is 0 Å². The van der Waals surface area contributed by atoms with E-state index >= 15 is 0 Å². The van der Waals surface area contributed by atoms with E-state index in [0.29, 0.717) is 27.9 Å². The Morgan fingerprint density at radius 3 is 2.36 bits per heavy atom. The zero-order valence-corrected chi connectivity index (χ0v) is 23.7. The van der Waals surface area contributed by atoms with E-state index in [9.17, 15) is 14.4 Å². The summed E-state index contributed by atoms with van der Waals surface area (Å²) < 4.78 is 11.7. The largest absolute Gasteiger partial charge is 0.457 e. The van der Waals surface area contributed by atoms with Gasteiger partial charge >= 0.3 is 5.97 Å². The summed E-state index contributed by atoms with van der Waals surface area (Å²) in [6, 6.07) is 19.7. The maximum atomic E-state index is 13.0. The highest BCUT2D eigenvalue weighted by Crippen LogP contribution is 2.33. The van der Waals surface area contributed by atoms with Crippen LogP contribution in [-0.4, -0.2) is 36.2 Å². The maximum absolute atomic E-state index is 13.0. The number of hydrogen-bond donors (Lipinski definition) is 0. The molecule has 1 saturated heterocycles. The average molecular weight is 568 g/mol. The van der Waals surface area contributed by atoms with Crippen molar-refractivity contribution in [3.8, 4) is 11.5 Å². The van der Waals surface area contributed by atoms with Crippen LogP contribution in [0, 0.1) is 12.8 Å². The fourth-order valence-electron chi connectivity index (χ4n) is 4.52. The third-order valence-electron chi connectivity index (χ3n) is 6.68. The number of ether oxygens (including phenoxy) is 2. The molecule has 0 saturated carbocycles. The van der Waals surface area contributed by atoms with E-state index in [0.717, 1.165) is 16.9 Å². The van der Waals surface area contributed by atoms with E-state index in [2.05, 4.69) is 26.0 Å². The van der Waals surface area contributed by atoms with Crippen molar-refractivity contribution in [2.75, 3.05) is 17.3 Å². The van der Waals surface area contributed by atoms with Crippen LogP contribution in [0.15, 0.2) is 66.7 Å². The van der Waals surface area contributed by atoms with E-state index in [-0.39, 0.29) is 37.0 Å². The third kappa shape index (κ3) is 7.00. The first kappa shape index (κ1) is 28.7. The molecule has 0 radical (unpaired) electrons. The second kappa shape index (κ2) is 12.7. The molecule has 0 aromatic heterocycles. The van der Waals surface area contributed by atoms with Crippen LogP contribution in [0.3, 0.4) is 0 Å². The lowest BCUT2D eigenvalue weighted by Gasteiger charge is -2.20. The lowest BCUT2D eigenvalue weighted by molar-refractivity contribution is -0.151. The molecule has 1 amide bonds. The molecular weight excluding hydrogens is 537 g/mol. The van der Waals surface area contributed by atoms with Gasteiger partial charge in [-0.15, -0.1) is 11.6 Å². The molecule has 204 valence electrons. The monoisotopic (exact) mass is 567 g/mol. The highest BCUT2D eigenvalue weighted by Gasteiger charge is 2.38. The van der Waals surface area contributed by atoms with E-state index in [1.54, 1.807) is 41.3 Å². The zero-order valence-electron chi connectivity index (χ0n) is 22.2. The van der Waals surface area contributed by atoms with Gasteiger partial charge in [0.15, 0.2) is 6.10 Å². The number of aryl methyl sites for hydroxylation is 1. The number of nitrogens with zero attached hydrogens (tertiary/aromatic N) is 1. The third-order valence-corrected chi connectivity index (χ3v) is 7.15. The number of amides is 1. The summed E-state index contributed by atoms with van der Waals surface area (Å²) >= 11 is 11.8. The van der Waals surface area contributed by atoms with Gasteiger partial charge in [0.25, 0.3) is 0 Å². The van der Waals surface area contributed by atoms with Gasteiger partial charge in [-0.3, -0.25) is 14.4 Å². The van der Waals surface area contributed by atoms with Crippen molar-refractivity contribution >= 4 is 46.5 Å². The van der Waals surface area contributed by atoms with Crippen molar-refractivity contribution < 1.29 is 23.9 Å². The van der Waals surface area contributed by atoms with Crippen molar-refractivity contribution in [1.29, 1.82) is 0 Å². The molecule has 1 aliphatic rings. The molecular formula is C31H31Cl2NO5. The van der Waals surface area contributed by atoms with E-state index in [4.69, 9.17) is 32.7 Å². The Kier molecular flexibility index (Phi) is 9.31. The Morgan fingerprint density at radius 1 is 1.03 bits per heavy atom. The van der Waals surface area contributed by atoms with Crippen LogP contribution < -0.4 is 9.64 Å². The molecule has 8 heteroatoms. The summed E-state index contributed by atoms with van der Waals surface area (Å²) in [6.07, 6.45) is -0.866. The van der Waals surface area contributed by atoms with Crippen molar-refractivity contribution in [1.82, 2.24) is 0 Å². The van der Waals surface area contributed by atoms with Crippen molar-refractivity contribution in [3.05, 3.63) is 88.4 Å². The number of alkyl halides is 1. The van der Waals surface area contributed by atoms with Crippen LogP contribution in [0.2, 0.25) is 5.02 Å². The fourth-order valence-corrected chi connectivity index (χ4v) is 4.85. The average Bonchev–Trinajstić information content (AvgIpc) is 3.30. The molecule has 0 aliphatic carbocycles. The highest BCUT2D eigenvalue weighted by molar-refractivity contribution is 6.30. The minimum Gasteiger partial charge on any atom is -0.457 e. The Labute approximate surface area is 238 Å². The Balaban J connectivity index is 1.41. The van der Waals surface area contributed by atoms with Gasteiger partial charge in [0.05, 0.1) is 5.92 Å². The smallest absolute Gasteiger partial charge is 0.312 e. The molecule has 39 heavy (non-hydrogen) atoms. The molecule has 4 rings (SSSR count). The van der Waals surface area contributed by atoms with Gasteiger partial charge in [-0.05, 0) is 78.6 Å². The minimum atomic E-state index is -1.03. The first-order valence-electron chi connectivity index (χ1n) is 12.9. The number of ketones is 1. The van der Waals surface area contributed by atoms with Crippen molar-refractivity contribution in [3.63, 3.8) is 0 Å². The number of benzene rings is 3. The van der Waals surface area contributed by atoms with Crippen LogP contribution in [0.4, 0.5) is 5.69 Å². The molecule has 3 aromatic carbocycles. The molecule has 3 aromatic rings. The van der Waals surface area contributed by atoms with Gasteiger partial charge in [0.2, 0.25) is 11.7 Å². The van der Waals surface area contributed by atoms with Crippen molar-refractivity contribution in [2.24, 2.45) is 5.92 Å². The standard InChI is InChI=1S/C31H31Cl2NO5/c1-19(2)26-13-4-20(3)16-28(26)38-25-11-9-24(10-12-25)34-18-22(17-29(34)35)31(37)39-27(14-15-32)30(36)21-5-7-23(33)8-6-21/h4-13,16,19,22,27H,14-15,17-18H2,1-3H3/t22-,27+/m0/s1. The first-order chi connectivity index (χ1) is 18.7. The summed E-state index contributed by atoms with van der Waals surface area (Å²) in [5, 5.41) is 0.497.